The number of aliphatic hydroxyl groups excluding tert-OH is 1. The minimum Gasteiger partial charge on any atom is -0.480 e. The molecule has 0 aliphatic carbocycles. The van der Waals surface area contributed by atoms with Gasteiger partial charge in [-0.25, -0.2) is 0 Å². The van der Waals surface area contributed by atoms with Gasteiger partial charge in [-0.1, -0.05) is 15.9 Å². The van der Waals surface area contributed by atoms with Crippen LogP contribution < -0.4 is 10.1 Å². The maximum absolute atomic E-state index is 11.9. The molecule has 2 atom stereocenters. The predicted molar refractivity (Wildman–Crippen MR) is 76.1 cm³/mol. The van der Waals surface area contributed by atoms with Gasteiger partial charge in [0.2, 0.25) is 0 Å². The van der Waals surface area contributed by atoms with E-state index in [-0.39, 0.29) is 5.91 Å². The summed E-state index contributed by atoms with van der Waals surface area (Å²) in [6.45, 7) is 2.39. The average molecular weight is 328 g/mol. The first kappa shape index (κ1) is 14.3. The number of aliphatic hydroxyl groups is 1. The molecule has 1 aliphatic rings. The number of hydrogen-bond donors (Lipinski definition) is 2. The van der Waals surface area contributed by atoms with E-state index in [1.807, 2.05) is 12.1 Å². The lowest BCUT2D eigenvalue weighted by atomic mass is 10.1. The quantitative estimate of drug-likeness (QED) is 0.896. The molecule has 1 unspecified atom stereocenters. The molecule has 0 aromatic heterocycles. The molecule has 1 heterocycles. The van der Waals surface area contributed by atoms with Crippen LogP contribution in [0, 0.1) is 0 Å². The molecule has 2 rings (SSSR count). The molecule has 5 heteroatoms. The van der Waals surface area contributed by atoms with E-state index in [2.05, 4.69) is 21.2 Å². The van der Waals surface area contributed by atoms with E-state index >= 15 is 0 Å². The van der Waals surface area contributed by atoms with Gasteiger partial charge in [0.25, 0.3) is 5.91 Å². The molecule has 4 nitrogen and oxygen atoms in total. The highest BCUT2D eigenvalue weighted by molar-refractivity contribution is 9.10. The topological polar surface area (TPSA) is 58.6 Å². The zero-order valence-electron chi connectivity index (χ0n) is 10.9. The van der Waals surface area contributed by atoms with E-state index in [0.717, 1.165) is 17.3 Å². The normalized spacial score (nSPS) is 21.4. The SMILES string of the molecule is C[C@@H](O)c1cc(Br)ccc1OC1CCCCNC1=O. The van der Waals surface area contributed by atoms with Crippen molar-refractivity contribution in [3.63, 3.8) is 0 Å². The molecular formula is C14H18BrNO3. The summed E-state index contributed by atoms with van der Waals surface area (Å²) in [5.41, 5.74) is 0.687. The van der Waals surface area contributed by atoms with Gasteiger partial charge in [-0.2, -0.15) is 0 Å². The molecule has 0 spiro atoms. The third-order valence-corrected chi connectivity index (χ3v) is 3.67. The van der Waals surface area contributed by atoms with Crippen LogP contribution in [0.4, 0.5) is 0 Å². The maximum atomic E-state index is 11.9. The van der Waals surface area contributed by atoms with Crippen LogP contribution in [0.5, 0.6) is 5.75 Å². The molecule has 1 fully saturated rings. The van der Waals surface area contributed by atoms with Crippen LogP contribution >= 0.6 is 15.9 Å². The first-order valence-electron chi connectivity index (χ1n) is 6.50. The molecule has 19 heavy (non-hydrogen) atoms. The molecule has 0 radical (unpaired) electrons. The number of benzene rings is 1. The monoisotopic (exact) mass is 327 g/mol. The number of carbonyl (C=O) groups is 1. The van der Waals surface area contributed by atoms with E-state index in [4.69, 9.17) is 4.74 Å². The number of amides is 1. The molecule has 1 aliphatic heterocycles. The Labute approximate surface area is 121 Å². The van der Waals surface area contributed by atoms with Crippen LogP contribution in [0.1, 0.15) is 37.9 Å². The fraction of sp³-hybridized carbons (Fsp3) is 0.500. The molecule has 2 N–H and O–H groups in total. The molecule has 1 amide bonds. The van der Waals surface area contributed by atoms with Crippen molar-refractivity contribution in [1.29, 1.82) is 0 Å². The van der Waals surface area contributed by atoms with E-state index in [9.17, 15) is 9.90 Å². The van der Waals surface area contributed by atoms with Gasteiger partial charge in [0, 0.05) is 16.6 Å². The summed E-state index contributed by atoms with van der Waals surface area (Å²) < 4.78 is 6.68. The largest absolute Gasteiger partial charge is 0.480 e. The smallest absolute Gasteiger partial charge is 0.261 e. The van der Waals surface area contributed by atoms with Crippen LogP contribution in [-0.4, -0.2) is 23.7 Å². The van der Waals surface area contributed by atoms with Crippen molar-refractivity contribution in [2.24, 2.45) is 0 Å². The van der Waals surface area contributed by atoms with E-state index in [1.165, 1.54) is 0 Å². The van der Waals surface area contributed by atoms with Gasteiger partial charge in [0.15, 0.2) is 6.10 Å². The minimum atomic E-state index is -0.638. The van der Waals surface area contributed by atoms with Gasteiger partial charge < -0.3 is 15.2 Å². The summed E-state index contributed by atoms with van der Waals surface area (Å²) in [6, 6.07) is 5.44. The number of ether oxygens (including phenoxy) is 1. The van der Waals surface area contributed by atoms with E-state index in [0.29, 0.717) is 24.3 Å². The first-order chi connectivity index (χ1) is 9.08. The number of hydrogen-bond acceptors (Lipinski definition) is 3. The Balaban J connectivity index is 2.19. The number of nitrogens with one attached hydrogen (secondary N) is 1. The van der Waals surface area contributed by atoms with Crippen molar-refractivity contribution < 1.29 is 14.6 Å². The Bertz CT molecular complexity index is 462. The Morgan fingerprint density at radius 1 is 1.47 bits per heavy atom. The zero-order valence-corrected chi connectivity index (χ0v) is 12.4. The highest BCUT2D eigenvalue weighted by Gasteiger charge is 2.23. The number of carbonyl (C=O) groups excluding carboxylic acids is 1. The maximum Gasteiger partial charge on any atom is 0.261 e. The van der Waals surface area contributed by atoms with Crippen molar-refractivity contribution >= 4 is 21.8 Å². The third-order valence-electron chi connectivity index (χ3n) is 3.18. The van der Waals surface area contributed by atoms with Gasteiger partial charge in [-0.05, 0) is 44.4 Å². The Morgan fingerprint density at radius 2 is 2.26 bits per heavy atom. The van der Waals surface area contributed by atoms with Crippen LogP contribution in [0.2, 0.25) is 0 Å². The molecule has 0 saturated carbocycles. The second-order valence-corrected chi connectivity index (χ2v) is 5.67. The summed E-state index contributed by atoms with van der Waals surface area (Å²) in [6.07, 6.45) is 1.54. The third kappa shape index (κ3) is 3.70. The zero-order chi connectivity index (χ0) is 13.8. The predicted octanol–water partition coefficient (Wildman–Crippen LogP) is 2.55. The van der Waals surface area contributed by atoms with Crippen molar-refractivity contribution in [3.8, 4) is 5.75 Å². The lowest BCUT2D eigenvalue weighted by Gasteiger charge is -2.19. The van der Waals surface area contributed by atoms with Crippen molar-refractivity contribution in [1.82, 2.24) is 5.32 Å². The second kappa shape index (κ2) is 6.39. The molecular weight excluding hydrogens is 310 g/mol. The molecule has 104 valence electrons. The van der Waals surface area contributed by atoms with Gasteiger partial charge in [-0.15, -0.1) is 0 Å². The van der Waals surface area contributed by atoms with Crippen LogP contribution in [0.25, 0.3) is 0 Å². The molecule has 1 saturated heterocycles. The number of halogens is 1. The summed E-state index contributed by atoms with van der Waals surface area (Å²) >= 11 is 3.37. The highest BCUT2D eigenvalue weighted by atomic mass is 79.9. The van der Waals surface area contributed by atoms with Gasteiger partial charge in [0.1, 0.15) is 5.75 Å². The Morgan fingerprint density at radius 3 is 3.00 bits per heavy atom. The van der Waals surface area contributed by atoms with Crippen molar-refractivity contribution in [3.05, 3.63) is 28.2 Å². The molecule has 1 aromatic carbocycles. The summed E-state index contributed by atoms with van der Waals surface area (Å²) in [5.74, 6) is 0.497. The molecule has 0 bridgehead atoms. The Hall–Kier alpha value is -1.07. The highest BCUT2D eigenvalue weighted by Crippen LogP contribution is 2.30. The first-order valence-corrected chi connectivity index (χ1v) is 7.29. The standard InChI is InChI=1S/C14H18BrNO3/c1-9(17)11-8-10(15)5-6-12(11)19-13-4-2-3-7-16-14(13)18/h5-6,8-9,13,17H,2-4,7H2,1H3,(H,16,18)/t9-,13?/m1/s1. The fourth-order valence-corrected chi connectivity index (χ4v) is 2.51. The van der Waals surface area contributed by atoms with Gasteiger partial charge >= 0.3 is 0 Å². The van der Waals surface area contributed by atoms with Gasteiger partial charge in [-0.3, -0.25) is 4.79 Å². The average Bonchev–Trinajstić information content (AvgIpc) is 2.57. The lowest BCUT2D eigenvalue weighted by Crippen LogP contribution is -2.36. The summed E-state index contributed by atoms with van der Waals surface area (Å²) in [7, 11) is 0. The van der Waals surface area contributed by atoms with Crippen LogP contribution in [0.3, 0.4) is 0 Å². The second-order valence-electron chi connectivity index (χ2n) is 4.75. The summed E-state index contributed by atoms with van der Waals surface area (Å²) in [5, 5.41) is 12.6. The van der Waals surface area contributed by atoms with E-state index < -0.39 is 12.2 Å². The molecule has 1 aromatic rings. The lowest BCUT2D eigenvalue weighted by molar-refractivity contribution is -0.127. The summed E-state index contributed by atoms with van der Waals surface area (Å²) in [4.78, 5) is 11.9. The fourth-order valence-electron chi connectivity index (χ4n) is 2.13. The van der Waals surface area contributed by atoms with Crippen molar-refractivity contribution in [2.75, 3.05) is 6.54 Å². The number of rotatable bonds is 3. The van der Waals surface area contributed by atoms with Crippen LogP contribution in [0.15, 0.2) is 22.7 Å². The van der Waals surface area contributed by atoms with Crippen LogP contribution in [-0.2, 0) is 4.79 Å². The van der Waals surface area contributed by atoms with Crippen molar-refractivity contribution in [2.45, 2.75) is 38.4 Å². The Kier molecular flexibility index (Phi) is 4.82. The minimum absolute atomic E-state index is 0.0723. The van der Waals surface area contributed by atoms with E-state index in [1.54, 1.807) is 13.0 Å². The van der Waals surface area contributed by atoms with Gasteiger partial charge in [0.05, 0.1) is 6.10 Å².